The normalized spacial score (nSPS) is 15.2. The lowest BCUT2D eigenvalue weighted by molar-refractivity contribution is 0.616. The fraction of sp³-hybridized carbons (Fsp3) is 0.769. The molecule has 0 bridgehead atoms. The zero-order valence-corrected chi connectivity index (χ0v) is 11.7. The van der Waals surface area contributed by atoms with Crippen molar-refractivity contribution < 1.29 is 0 Å². The van der Waals surface area contributed by atoms with Crippen molar-refractivity contribution in [3.8, 4) is 0 Å². The van der Waals surface area contributed by atoms with Gasteiger partial charge in [-0.2, -0.15) is 0 Å². The SMILES string of the molecule is CCN(CC)c1ncc(CNCCC2CC2)s1. The van der Waals surface area contributed by atoms with Crippen molar-refractivity contribution in [2.24, 2.45) is 5.92 Å². The van der Waals surface area contributed by atoms with Crippen molar-refractivity contribution in [1.82, 2.24) is 10.3 Å². The zero-order valence-electron chi connectivity index (χ0n) is 10.9. The molecule has 1 heterocycles. The van der Waals surface area contributed by atoms with Crippen LogP contribution in [0, 0.1) is 5.92 Å². The maximum Gasteiger partial charge on any atom is 0.185 e. The number of rotatable bonds is 8. The molecule has 3 nitrogen and oxygen atoms in total. The third-order valence-corrected chi connectivity index (χ3v) is 4.36. The number of anilines is 1. The van der Waals surface area contributed by atoms with Crippen molar-refractivity contribution in [2.45, 2.75) is 39.7 Å². The molecule has 0 atom stereocenters. The maximum atomic E-state index is 4.49. The molecule has 1 aromatic rings. The van der Waals surface area contributed by atoms with Crippen LogP contribution in [0.15, 0.2) is 6.20 Å². The first-order chi connectivity index (χ1) is 8.33. The van der Waals surface area contributed by atoms with Crippen LogP contribution in [0.25, 0.3) is 0 Å². The van der Waals surface area contributed by atoms with Crippen molar-refractivity contribution >= 4 is 16.5 Å². The molecule has 0 amide bonds. The molecule has 1 fully saturated rings. The molecule has 0 saturated heterocycles. The van der Waals surface area contributed by atoms with Crippen LogP contribution in [0.5, 0.6) is 0 Å². The Morgan fingerprint density at radius 3 is 2.82 bits per heavy atom. The molecule has 1 saturated carbocycles. The zero-order chi connectivity index (χ0) is 12.1. The van der Waals surface area contributed by atoms with E-state index in [9.17, 15) is 0 Å². The van der Waals surface area contributed by atoms with Gasteiger partial charge < -0.3 is 10.2 Å². The van der Waals surface area contributed by atoms with Gasteiger partial charge in [0.1, 0.15) is 0 Å². The first kappa shape index (κ1) is 12.8. The van der Waals surface area contributed by atoms with Crippen LogP contribution >= 0.6 is 11.3 Å². The number of hydrogen-bond donors (Lipinski definition) is 1. The molecule has 0 unspecified atom stereocenters. The number of nitrogens with one attached hydrogen (secondary N) is 1. The third-order valence-electron chi connectivity index (χ3n) is 3.30. The Labute approximate surface area is 108 Å². The lowest BCUT2D eigenvalue weighted by atomic mass is 10.3. The van der Waals surface area contributed by atoms with Gasteiger partial charge in [0.15, 0.2) is 5.13 Å². The van der Waals surface area contributed by atoms with Gasteiger partial charge in [-0.15, -0.1) is 11.3 Å². The molecule has 96 valence electrons. The second-order valence-electron chi connectivity index (χ2n) is 4.69. The minimum atomic E-state index is 0.978. The Balaban J connectivity index is 1.72. The average molecular weight is 253 g/mol. The Morgan fingerprint density at radius 1 is 1.41 bits per heavy atom. The fourth-order valence-electron chi connectivity index (χ4n) is 1.94. The van der Waals surface area contributed by atoms with Crippen LogP contribution in [0.2, 0.25) is 0 Å². The highest BCUT2D eigenvalue weighted by atomic mass is 32.1. The van der Waals surface area contributed by atoms with Gasteiger partial charge in [-0.3, -0.25) is 0 Å². The van der Waals surface area contributed by atoms with E-state index in [-0.39, 0.29) is 0 Å². The van der Waals surface area contributed by atoms with Crippen molar-refractivity contribution in [3.05, 3.63) is 11.1 Å². The summed E-state index contributed by atoms with van der Waals surface area (Å²) in [6, 6.07) is 0. The monoisotopic (exact) mass is 253 g/mol. The van der Waals surface area contributed by atoms with E-state index in [0.29, 0.717) is 0 Å². The van der Waals surface area contributed by atoms with E-state index in [4.69, 9.17) is 0 Å². The van der Waals surface area contributed by atoms with Crippen LogP contribution in [0.1, 0.15) is 38.0 Å². The molecular formula is C13H23N3S. The molecule has 0 spiro atoms. The highest BCUT2D eigenvalue weighted by Crippen LogP contribution is 2.31. The Kier molecular flexibility index (Phi) is 4.80. The highest BCUT2D eigenvalue weighted by Gasteiger charge is 2.19. The van der Waals surface area contributed by atoms with E-state index in [1.165, 1.54) is 24.1 Å². The summed E-state index contributed by atoms with van der Waals surface area (Å²) in [5, 5.41) is 4.67. The van der Waals surface area contributed by atoms with Gasteiger partial charge in [0.25, 0.3) is 0 Å². The molecule has 2 rings (SSSR count). The van der Waals surface area contributed by atoms with Gasteiger partial charge in [-0.25, -0.2) is 4.98 Å². The fourth-order valence-corrected chi connectivity index (χ4v) is 2.95. The van der Waals surface area contributed by atoms with Gasteiger partial charge in [-0.05, 0) is 32.7 Å². The van der Waals surface area contributed by atoms with Gasteiger partial charge in [0, 0.05) is 30.7 Å². The molecule has 1 N–H and O–H groups in total. The second kappa shape index (κ2) is 6.36. The number of thiazole rings is 1. The number of aromatic nitrogens is 1. The van der Waals surface area contributed by atoms with E-state index < -0.39 is 0 Å². The summed E-state index contributed by atoms with van der Waals surface area (Å²) in [4.78, 5) is 8.14. The standard InChI is InChI=1S/C13H23N3S/c1-3-16(4-2)13-15-10-12(17-13)9-14-8-7-11-5-6-11/h10-11,14H,3-9H2,1-2H3. The van der Waals surface area contributed by atoms with Crippen molar-refractivity contribution in [1.29, 1.82) is 0 Å². The van der Waals surface area contributed by atoms with E-state index in [1.54, 1.807) is 0 Å². The molecule has 1 aliphatic carbocycles. The third kappa shape index (κ3) is 3.96. The summed E-state index contributed by atoms with van der Waals surface area (Å²) < 4.78 is 0. The van der Waals surface area contributed by atoms with E-state index >= 15 is 0 Å². The first-order valence-corrected chi connectivity index (χ1v) is 7.55. The minimum absolute atomic E-state index is 0.978. The van der Waals surface area contributed by atoms with Crippen LogP contribution in [-0.4, -0.2) is 24.6 Å². The first-order valence-electron chi connectivity index (χ1n) is 6.73. The molecule has 1 aliphatic rings. The van der Waals surface area contributed by atoms with Gasteiger partial charge in [-0.1, -0.05) is 12.8 Å². The van der Waals surface area contributed by atoms with Crippen LogP contribution in [-0.2, 0) is 6.54 Å². The largest absolute Gasteiger partial charge is 0.349 e. The molecule has 0 radical (unpaired) electrons. The topological polar surface area (TPSA) is 28.2 Å². The van der Waals surface area contributed by atoms with E-state index in [2.05, 4.69) is 29.0 Å². The van der Waals surface area contributed by atoms with Crippen molar-refractivity contribution in [3.63, 3.8) is 0 Å². The Bertz CT molecular complexity index is 329. The van der Waals surface area contributed by atoms with E-state index in [1.807, 2.05) is 17.5 Å². The van der Waals surface area contributed by atoms with Gasteiger partial charge in [0.05, 0.1) is 0 Å². The Morgan fingerprint density at radius 2 is 2.18 bits per heavy atom. The lowest BCUT2D eigenvalue weighted by Crippen LogP contribution is -2.21. The van der Waals surface area contributed by atoms with Crippen LogP contribution in [0.3, 0.4) is 0 Å². The van der Waals surface area contributed by atoms with Crippen LogP contribution < -0.4 is 10.2 Å². The molecule has 0 aromatic carbocycles. The average Bonchev–Trinajstić information content (AvgIpc) is 3.06. The van der Waals surface area contributed by atoms with Crippen molar-refractivity contribution in [2.75, 3.05) is 24.5 Å². The summed E-state index contributed by atoms with van der Waals surface area (Å²) >= 11 is 1.82. The molecule has 17 heavy (non-hydrogen) atoms. The number of nitrogens with zero attached hydrogens (tertiary/aromatic N) is 2. The Hall–Kier alpha value is -0.610. The summed E-state index contributed by atoms with van der Waals surface area (Å²) in [6.07, 6.45) is 6.27. The molecule has 4 heteroatoms. The number of hydrogen-bond acceptors (Lipinski definition) is 4. The lowest BCUT2D eigenvalue weighted by Gasteiger charge is -2.16. The van der Waals surface area contributed by atoms with Crippen LogP contribution in [0.4, 0.5) is 5.13 Å². The highest BCUT2D eigenvalue weighted by molar-refractivity contribution is 7.15. The molecule has 1 aromatic heterocycles. The predicted octanol–water partition coefficient (Wildman–Crippen LogP) is 2.88. The summed E-state index contributed by atoms with van der Waals surface area (Å²) in [5.74, 6) is 1.02. The van der Waals surface area contributed by atoms with Gasteiger partial charge >= 0.3 is 0 Å². The molecular weight excluding hydrogens is 230 g/mol. The van der Waals surface area contributed by atoms with Gasteiger partial charge in [0.2, 0.25) is 0 Å². The smallest absolute Gasteiger partial charge is 0.185 e. The van der Waals surface area contributed by atoms with E-state index in [0.717, 1.165) is 37.2 Å². The molecule has 0 aliphatic heterocycles. The summed E-state index contributed by atoms with van der Waals surface area (Å²) in [5.41, 5.74) is 0. The maximum absolute atomic E-state index is 4.49. The summed E-state index contributed by atoms with van der Waals surface area (Å²) in [7, 11) is 0. The second-order valence-corrected chi connectivity index (χ2v) is 5.78. The minimum Gasteiger partial charge on any atom is -0.349 e. The quantitative estimate of drug-likeness (QED) is 0.722. The summed E-state index contributed by atoms with van der Waals surface area (Å²) in [6.45, 7) is 8.57. The predicted molar refractivity (Wildman–Crippen MR) is 74.7 cm³/mol.